The quantitative estimate of drug-likeness (QED) is 0.646. The molecule has 13 heavy (non-hydrogen) atoms. The lowest BCUT2D eigenvalue weighted by Gasteiger charge is -2.27. The van der Waals surface area contributed by atoms with Gasteiger partial charge in [-0.05, 0) is 13.3 Å². The summed E-state index contributed by atoms with van der Waals surface area (Å²) in [6, 6.07) is 0.324. The lowest BCUT2D eigenvalue weighted by atomic mass is 10.00. The molecule has 0 aliphatic carbocycles. The second kappa shape index (κ2) is 3.64. The van der Waals surface area contributed by atoms with Gasteiger partial charge in [-0.25, -0.2) is 0 Å². The van der Waals surface area contributed by atoms with E-state index in [0.29, 0.717) is 25.2 Å². The fraction of sp³-hybridized carbons (Fsp3) is 0.889. The fourth-order valence-electron chi connectivity index (χ4n) is 2.03. The smallest absolute Gasteiger partial charge is 0.237 e. The molecular formula is C9H16N2O2. The van der Waals surface area contributed by atoms with Gasteiger partial charge in [-0.1, -0.05) is 0 Å². The number of amides is 1. The molecule has 2 aliphatic heterocycles. The van der Waals surface area contributed by atoms with Crippen LogP contribution < -0.4 is 5.32 Å². The Bertz CT molecular complexity index is 202. The Labute approximate surface area is 78.2 Å². The van der Waals surface area contributed by atoms with E-state index in [1.807, 2.05) is 4.90 Å². The van der Waals surface area contributed by atoms with E-state index in [9.17, 15) is 4.79 Å². The molecule has 1 N–H and O–H groups in total. The third kappa shape index (κ3) is 1.69. The van der Waals surface area contributed by atoms with E-state index >= 15 is 0 Å². The highest BCUT2D eigenvalue weighted by atomic mass is 16.5. The molecule has 2 aliphatic rings. The molecule has 2 atom stereocenters. The molecule has 2 fully saturated rings. The van der Waals surface area contributed by atoms with Gasteiger partial charge in [0.15, 0.2) is 0 Å². The van der Waals surface area contributed by atoms with Gasteiger partial charge >= 0.3 is 0 Å². The van der Waals surface area contributed by atoms with Crippen molar-refractivity contribution in [2.45, 2.75) is 19.4 Å². The van der Waals surface area contributed by atoms with Crippen LogP contribution in [0.2, 0.25) is 0 Å². The Kier molecular flexibility index (Phi) is 2.51. The van der Waals surface area contributed by atoms with Crippen LogP contribution in [0.3, 0.4) is 0 Å². The molecule has 0 aromatic rings. The summed E-state index contributed by atoms with van der Waals surface area (Å²) in [6.45, 7) is 4.98. The average molecular weight is 184 g/mol. The molecule has 0 bridgehead atoms. The topological polar surface area (TPSA) is 41.6 Å². The number of nitrogens with one attached hydrogen (secondary N) is 1. The third-order valence-corrected chi connectivity index (χ3v) is 3.02. The number of carbonyl (C=O) groups excluding carboxylic acids is 1. The van der Waals surface area contributed by atoms with Gasteiger partial charge in [0.1, 0.15) is 0 Å². The number of rotatable bonds is 2. The van der Waals surface area contributed by atoms with Crippen molar-refractivity contribution in [2.24, 2.45) is 5.92 Å². The first kappa shape index (κ1) is 8.97. The van der Waals surface area contributed by atoms with Crippen LogP contribution in [0.15, 0.2) is 0 Å². The SMILES string of the molecule is CC(C1CCOC1)N1CNCC1=O. The van der Waals surface area contributed by atoms with Crippen LogP contribution in [0.5, 0.6) is 0 Å². The highest BCUT2D eigenvalue weighted by molar-refractivity contribution is 5.80. The van der Waals surface area contributed by atoms with Crippen molar-refractivity contribution in [1.29, 1.82) is 0 Å². The molecule has 4 heteroatoms. The lowest BCUT2D eigenvalue weighted by molar-refractivity contribution is -0.129. The summed E-state index contributed by atoms with van der Waals surface area (Å²) in [5.41, 5.74) is 0. The summed E-state index contributed by atoms with van der Waals surface area (Å²) in [5.74, 6) is 0.753. The van der Waals surface area contributed by atoms with Crippen LogP contribution in [0.25, 0.3) is 0 Å². The van der Waals surface area contributed by atoms with Gasteiger partial charge < -0.3 is 9.64 Å². The molecule has 0 spiro atoms. The summed E-state index contributed by atoms with van der Waals surface area (Å²) in [5, 5.41) is 3.06. The number of ether oxygens (including phenoxy) is 1. The zero-order chi connectivity index (χ0) is 9.26. The molecule has 2 unspecified atom stereocenters. The Hall–Kier alpha value is -0.610. The minimum Gasteiger partial charge on any atom is -0.381 e. The molecule has 0 saturated carbocycles. The van der Waals surface area contributed by atoms with Crippen molar-refractivity contribution in [1.82, 2.24) is 10.2 Å². The van der Waals surface area contributed by atoms with Gasteiger partial charge in [-0.2, -0.15) is 0 Å². The second-order valence-electron chi connectivity index (χ2n) is 3.81. The zero-order valence-electron chi connectivity index (χ0n) is 7.95. The van der Waals surface area contributed by atoms with Crippen molar-refractivity contribution < 1.29 is 9.53 Å². The first-order valence-electron chi connectivity index (χ1n) is 4.87. The molecule has 74 valence electrons. The minimum absolute atomic E-state index is 0.222. The lowest BCUT2D eigenvalue weighted by Crippen LogP contribution is -2.40. The van der Waals surface area contributed by atoms with Gasteiger partial charge in [-0.15, -0.1) is 0 Å². The Morgan fingerprint density at radius 1 is 1.69 bits per heavy atom. The fourth-order valence-corrected chi connectivity index (χ4v) is 2.03. The molecule has 2 heterocycles. The van der Waals surface area contributed by atoms with Gasteiger partial charge in [-0.3, -0.25) is 10.1 Å². The Balaban J connectivity index is 1.94. The summed E-state index contributed by atoms with van der Waals surface area (Å²) in [4.78, 5) is 13.3. The van der Waals surface area contributed by atoms with Gasteiger partial charge in [0, 0.05) is 18.6 Å². The highest BCUT2D eigenvalue weighted by Gasteiger charge is 2.31. The minimum atomic E-state index is 0.222. The average Bonchev–Trinajstić information content (AvgIpc) is 2.72. The summed E-state index contributed by atoms with van der Waals surface area (Å²) >= 11 is 0. The van der Waals surface area contributed by atoms with E-state index in [1.54, 1.807) is 0 Å². The highest BCUT2D eigenvalue weighted by Crippen LogP contribution is 2.21. The first-order chi connectivity index (χ1) is 6.29. The Morgan fingerprint density at radius 3 is 3.08 bits per heavy atom. The molecular weight excluding hydrogens is 168 g/mol. The van der Waals surface area contributed by atoms with Crippen LogP contribution in [0.4, 0.5) is 0 Å². The monoisotopic (exact) mass is 184 g/mol. The maximum atomic E-state index is 11.4. The van der Waals surface area contributed by atoms with Gasteiger partial charge in [0.25, 0.3) is 0 Å². The molecule has 0 aromatic heterocycles. The van der Waals surface area contributed by atoms with Crippen molar-refractivity contribution in [3.63, 3.8) is 0 Å². The largest absolute Gasteiger partial charge is 0.381 e. The van der Waals surface area contributed by atoms with Crippen LogP contribution in [0, 0.1) is 5.92 Å². The predicted molar refractivity (Wildman–Crippen MR) is 48.1 cm³/mol. The van der Waals surface area contributed by atoms with Crippen molar-refractivity contribution in [2.75, 3.05) is 26.4 Å². The first-order valence-corrected chi connectivity index (χ1v) is 4.87. The molecule has 0 aromatic carbocycles. The van der Waals surface area contributed by atoms with E-state index in [-0.39, 0.29) is 5.91 Å². The van der Waals surface area contributed by atoms with E-state index in [4.69, 9.17) is 4.74 Å². The van der Waals surface area contributed by atoms with E-state index in [2.05, 4.69) is 12.2 Å². The molecule has 1 amide bonds. The standard InChI is InChI=1S/C9H16N2O2/c1-7(8-2-3-13-5-8)11-6-10-4-9(11)12/h7-8,10H,2-6H2,1H3. The van der Waals surface area contributed by atoms with E-state index in [1.165, 1.54) is 0 Å². The molecule has 2 rings (SSSR count). The summed E-state index contributed by atoms with van der Waals surface area (Å²) < 4.78 is 5.31. The van der Waals surface area contributed by atoms with Crippen LogP contribution in [-0.2, 0) is 9.53 Å². The van der Waals surface area contributed by atoms with Gasteiger partial charge in [0.05, 0.1) is 19.8 Å². The third-order valence-electron chi connectivity index (χ3n) is 3.02. The predicted octanol–water partition coefficient (Wildman–Crippen LogP) is -0.199. The number of carbonyl (C=O) groups is 1. The molecule has 4 nitrogen and oxygen atoms in total. The number of hydrogen-bond donors (Lipinski definition) is 1. The zero-order valence-corrected chi connectivity index (χ0v) is 7.95. The second-order valence-corrected chi connectivity index (χ2v) is 3.81. The molecule has 2 saturated heterocycles. The maximum absolute atomic E-state index is 11.4. The van der Waals surface area contributed by atoms with E-state index in [0.717, 1.165) is 19.6 Å². The van der Waals surface area contributed by atoms with E-state index < -0.39 is 0 Å². The van der Waals surface area contributed by atoms with Gasteiger partial charge in [0.2, 0.25) is 5.91 Å². The van der Waals surface area contributed by atoms with Crippen LogP contribution in [-0.4, -0.2) is 43.3 Å². The van der Waals surface area contributed by atoms with Crippen molar-refractivity contribution in [3.8, 4) is 0 Å². The maximum Gasteiger partial charge on any atom is 0.237 e. The Morgan fingerprint density at radius 2 is 2.54 bits per heavy atom. The van der Waals surface area contributed by atoms with Crippen molar-refractivity contribution >= 4 is 5.91 Å². The van der Waals surface area contributed by atoms with Crippen LogP contribution in [0.1, 0.15) is 13.3 Å². The van der Waals surface area contributed by atoms with Crippen LogP contribution >= 0.6 is 0 Å². The summed E-state index contributed by atoms with van der Waals surface area (Å²) in [6.07, 6.45) is 1.09. The van der Waals surface area contributed by atoms with Crippen molar-refractivity contribution in [3.05, 3.63) is 0 Å². The number of nitrogens with zero attached hydrogens (tertiary/aromatic N) is 1. The molecule has 0 radical (unpaired) electrons. The number of hydrogen-bond acceptors (Lipinski definition) is 3. The summed E-state index contributed by atoms with van der Waals surface area (Å²) in [7, 11) is 0. The normalized spacial score (nSPS) is 31.3.